The van der Waals surface area contributed by atoms with Crippen LogP contribution in [0.15, 0.2) is 24.3 Å². The largest absolute Gasteiger partial charge is 0.351 e. The summed E-state index contributed by atoms with van der Waals surface area (Å²) in [5.74, 6) is 0.214. The SMILES string of the molecule is CCN(CC)C(=O)CN1CCCN(C(=O)c2cc3ccc(C)cc3[nH]2)CC1. The van der Waals surface area contributed by atoms with Gasteiger partial charge in [0.05, 0.1) is 6.54 Å². The van der Waals surface area contributed by atoms with E-state index in [2.05, 4.69) is 22.0 Å². The number of hydrogen-bond donors (Lipinski definition) is 1. The summed E-state index contributed by atoms with van der Waals surface area (Å²) < 4.78 is 0. The highest BCUT2D eigenvalue weighted by molar-refractivity contribution is 5.98. The lowest BCUT2D eigenvalue weighted by Gasteiger charge is -2.25. The van der Waals surface area contributed by atoms with Gasteiger partial charge in [0.25, 0.3) is 5.91 Å². The maximum atomic E-state index is 12.9. The van der Waals surface area contributed by atoms with E-state index in [4.69, 9.17) is 0 Å². The van der Waals surface area contributed by atoms with Crippen molar-refractivity contribution >= 4 is 22.7 Å². The van der Waals surface area contributed by atoms with Gasteiger partial charge in [0.15, 0.2) is 0 Å². The van der Waals surface area contributed by atoms with Crippen LogP contribution in [0.3, 0.4) is 0 Å². The molecule has 0 aliphatic carbocycles. The van der Waals surface area contributed by atoms with E-state index in [0.29, 0.717) is 18.8 Å². The van der Waals surface area contributed by atoms with E-state index in [1.165, 1.54) is 5.56 Å². The average Bonchev–Trinajstić information content (AvgIpc) is 2.93. The maximum absolute atomic E-state index is 12.9. The summed E-state index contributed by atoms with van der Waals surface area (Å²) in [7, 11) is 0. The monoisotopic (exact) mass is 370 g/mol. The molecule has 1 aromatic heterocycles. The number of rotatable bonds is 5. The van der Waals surface area contributed by atoms with Gasteiger partial charge in [-0.05, 0) is 44.9 Å². The fourth-order valence-electron chi connectivity index (χ4n) is 3.73. The Labute approximate surface area is 161 Å². The number of amides is 2. The Bertz CT molecular complexity index is 810. The van der Waals surface area contributed by atoms with Gasteiger partial charge in [-0.3, -0.25) is 14.5 Å². The lowest BCUT2D eigenvalue weighted by atomic mass is 10.2. The van der Waals surface area contributed by atoms with E-state index >= 15 is 0 Å². The van der Waals surface area contributed by atoms with E-state index in [1.807, 2.05) is 42.7 Å². The van der Waals surface area contributed by atoms with Gasteiger partial charge in [0.1, 0.15) is 5.69 Å². The van der Waals surface area contributed by atoms with Gasteiger partial charge >= 0.3 is 0 Å². The molecule has 0 unspecified atom stereocenters. The number of benzene rings is 1. The summed E-state index contributed by atoms with van der Waals surface area (Å²) >= 11 is 0. The van der Waals surface area contributed by atoms with Crippen LogP contribution in [0.5, 0.6) is 0 Å². The topological polar surface area (TPSA) is 59.7 Å². The van der Waals surface area contributed by atoms with Crippen molar-refractivity contribution in [3.05, 3.63) is 35.5 Å². The summed E-state index contributed by atoms with van der Waals surface area (Å²) in [6.07, 6.45) is 0.886. The Morgan fingerprint density at radius 3 is 2.59 bits per heavy atom. The molecular weight excluding hydrogens is 340 g/mol. The molecule has 6 nitrogen and oxygen atoms in total. The van der Waals surface area contributed by atoms with Crippen LogP contribution in [0, 0.1) is 6.92 Å². The van der Waals surface area contributed by atoms with Gasteiger partial charge in [-0.2, -0.15) is 0 Å². The molecule has 1 aliphatic rings. The van der Waals surface area contributed by atoms with Crippen LogP contribution in [0.2, 0.25) is 0 Å². The van der Waals surface area contributed by atoms with Crippen LogP contribution in [-0.4, -0.2) is 77.3 Å². The molecule has 2 aromatic rings. The second kappa shape index (κ2) is 8.57. The fraction of sp³-hybridized carbons (Fsp3) is 0.524. The van der Waals surface area contributed by atoms with E-state index in [1.54, 1.807) is 0 Å². The molecule has 0 spiro atoms. The first kappa shape index (κ1) is 19.4. The number of aryl methyl sites for hydroxylation is 1. The maximum Gasteiger partial charge on any atom is 0.270 e. The van der Waals surface area contributed by atoms with Crippen LogP contribution in [-0.2, 0) is 4.79 Å². The Hall–Kier alpha value is -2.34. The minimum Gasteiger partial charge on any atom is -0.351 e. The van der Waals surface area contributed by atoms with Crippen molar-refractivity contribution in [3.63, 3.8) is 0 Å². The Balaban J connectivity index is 1.63. The van der Waals surface area contributed by atoms with Gasteiger partial charge in [-0.25, -0.2) is 0 Å². The molecule has 3 rings (SSSR count). The number of nitrogens with one attached hydrogen (secondary N) is 1. The molecule has 1 saturated heterocycles. The van der Waals surface area contributed by atoms with Gasteiger partial charge in [0.2, 0.25) is 5.91 Å². The van der Waals surface area contributed by atoms with Crippen molar-refractivity contribution in [1.82, 2.24) is 19.7 Å². The summed E-state index contributed by atoms with van der Waals surface area (Å²) in [5, 5.41) is 1.06. The predicted octanol–water partition coefficient (Wildman–Crippen LogP) is 2.49. The van der Waals surface area contributed by atoms with Crippen molar-refractivity contribution in [2.75, 3.05) is 45.8 Å². The Morgan fingerprint density at radius 1 is 1.07 bits per heavy atom. The van der Waals surface area contributed by atoms with E-state index in [-0.39, 0.29) is 11.8 Å². The third kappa shape index (κ3) is 4.50. The zero-order valence-electron chi connectivity index (χ0n) is 16.6. The van der Waals surface area contributed by atoms with Crippen LogP contribution in [0.25, 0.3) is 10.9 Å². The van der Waals surface area contributed by atoms with Gasteiger partial charge < -0.3 is 14.8 Å². The number of carbonyl (C=O) groups is 2. The minimum absolute atomic E-state index is 0.0424. The number of H-pyrrole nitrogens is 1. The summed E-state index contributed by atoms with van der Waals surface area (Å²) in [4.78, 5) is 34.5. The van der Waals surface area contributed by atoms with E-state index in [0.717, 1.165) is 50.0 Å². The molecule has 1 aromatic carbocycles. The van der Waals surface area contributed by atoms with E-state index in [9.17, 15) is 9.59 Å². The summed E-state index contributed by atoms with van der Waals surface area (Å²) in [6.45, 7) is 10.9. The molecular formula is C21H30N4O2. The number of aromatic amines is 1. The minimum atomic E-state index is 0.0424. The first-order valence-corrected chi connectivity index (χ1v) is 9.90. The number of hydrogen-bond acceptors (Lipinski definition) is 3. The molecule has 146 valence electrons. The average molecular weight is 370 g/mol. The molecule has 2 amide bonds. The number of likely N-dealkylation sites (N-methyl/N-ethyl adjacent to an activating group) is 1. The highest BCUT2D eigenvalue weighted by atomic mass is 16.2. The molecule has 0 atom stereocenters. The molecule has 0 bridgehead atoms. The third-order valence-electron chi connectivity index (χ3n) is 5.36. The second-order valence-corrected chi connectivity index (χ2v) is 7.26. The van der Waals surface area contributed by atoms with Crippen molar-refractivity contribution in [2.45, 2.75) is 27.2 Å². The first-order valence-electron chi connectivity index (χ1n) is 9.90. The standard InChI is InChI=1S/C21H30N4O2/c1-4-24(5-2)20(26)15-23-9-6-10-25(12-11-23)21(27)19-14-17-8-7-16(3)13-18(17)22-19/h7-8,13-14,22H,4-6,9-12,15H2,1-3H3. The van der Waals surface area contributed by atoms with Crippen molar-refractivity contribution in [2.24, 2.45) is 0 Å². The fourth-order valence-corrected chi connectivity index (χ4v) is 3.73. The quantitative estimate of drug-likeness (QED) is 0.880. The molecule has 1 fully saturated rings. The predicted molar refractivity (Wildman–Crippen MR) is 108 cm³/mol. The third-order valence-corrected chi connectivity index (χ3v) is 5.36. The molecule has 1 N–H and O–H groups in total. The number of carbonyl (C=O) groups excluding carboxylic acids is 2. The zero-order chi connectivity index (χ0) is 19.4. The van der Waals surface area contributed by atoms with Gasteiger partial charge in [0, 0.05) is 50.2 Å². The molecule has 0 radical (unpaired) electrons. The van der Waals surface area contributed by atoms with Crippen LogP contribution >= 0.6 is 0 Å². The molecule has 2 heterocycles. The van der Waals surface area contributed by atoms with Gasteiger partial charge in [-0.15, -0.1) is 0 Å². The second-order valence-electron chi connectivity index (χ2n) is 7.26. The normalized spacial score (nSPS) is 15.7. The lowest BCUT2D eigenvalue weighted by Crippen LogP contribution is -2.42. The number of nitrogens with zero attached hydrogens (tertiary/aromatic N) is 3. The summed E-state index contributed by atoms with van der Waals surface area (Å²) in [6, 6.07) is 8.10. The van der Waals surface area contributed by atoms with Crippen molar-refractivity contribution in [1.29, 1.82) is 0 Å². The highest BCUT2D eigenvalue weighted by Crippen LogP contribution is 2.18. The van der Waals surface area contributed by atoms with Crippen molar-refractivity contribution < 1.29 is 9.59 Å². The first-order chi connectivity index (χ1) is 13.0. The highest BCUT2D eigenvalue weighted by Gasteiger charge is 2.23. The smallest absolute Gasteiger partial charge is 0.270 e. The van der Waals surface area contributed by atoms with Gasteiger partial charge in [-0.1, -0.05) is 12.1 Å². The number of fused-ring (bicyclic) bond motifs is 1. The van der Waals surface area contributed by atoms with Crippen LogP contribution < -0.4 is 0 Å². The van der Waals surface area contributed by atoms with E-state index < -0.39 is 0 Å². The zero-order valence-corrected chi connectivity index (χ0v) is 16.6. The Kier molecular flexibility index (Phi) is 6.16. The van der Waals surface area contributed by atoms with Crippen molar-refractivity contribution in [3.8, 4) is 0 Å². The molecule has 6 heteroatoms. The molecule has 1 aliphatic heterocycles. The number of aromatic nitrogens is 1. The van der Waals surface area contributed by atoms with Crippen LogP contribution in [0.4, 0.5) is 0 Å². The lowest BCUT2D eigenvalue weighted by molar-refractivity contribution is -0.132. The van der Waals surface area contributed by atoms with Crippen LogP contribution in [0.1, 0.15) is 36.3 Å². The summed E-state index contributed by atoms with van der Waals surface area (Å²) in [5.41, 5.74) is 2.81. The molecule has 0 saturated carbocycles. The molecule has 27 heavy (non-hydrogen) atoms. The Morgan fingerprint density at radius 2 is 1.85 bits per heavy atom.